The van der Waals surface area contributed by atoms with Crippen LogP contribution in [0.4, 0.5) is 0 Å². The number of aryl methyl sites for hydroxylation is 1. The molecule has 0 aliphatic carbocycles. The van der Waals surface area contributed by atoms with Gasteiger partial charge in [0.2, 0.25) is 0 Å². The van der Waals surface area contributed by atoms with Crippen molar-refractivity contribution in [3.8, 4) is 5.69 Å². The quantitative estimate of drug-likeness (QED) is 0.781. The summed E-state index contributed by atoms with van der Waals surface area (Å²) in [6, 6.07) is 9.89. The molecule has 1 aromatic carbocycles. The molecule has 0 fully saturated rings. The second-order valence-corrected chi connectivity index (χ2v) is 5.48. The molecule has 20 heavy (non-hydrogen) atoms. The van der Waals surface area contributed by atoms with Crippen molar-refractivity contribution in [1.82, 2.24) is 25.3 Å². The van der Waals surface area contributed by atoms with E-state index in [-0.39, 0.29) is 0 Å². The highest BCUT2D eigenvalue weighted by Crippen LogP contribution is 2.08. The lowest BCUT2D eigenvalue weighted by atomic mass is 10.3. The normalized spacial score (nSPS) is 10.8. The summed E-state index contributed by atoms with van der Waals surface area (Å²) in [5, 5.41) is 15.2. The molecule has 2 heterocycles. The highest BCUT2D eigenvalue weighted by Gasteiger charge is 2.03. The Morgan fingerprint density at radius 3 is 2.70 bits per heavy atom. The second kappa shape index (κ2) is 5.94. The molecule has 0 radical (unpaired) electrons. The van der Waals surface area contributed by atoms with Crippen molar-refractivity contribution < 1.29 is 0 Å². The Kier molecular flexibility index (Phi) is 3.85. The Labute approximate surface area is 121 Å². The molecule has 0 aliphatic rings. The molecule has 0 amide bonds. The first-order chi connectivity index (χ1) is 9.81. The van der Waals surface area contributed by atoms with E-state index in [2.05, 4.69) is 25.9 Å². The van der Waals surface area contributed by atoms with Crippen LogP contribution in [0.2, 0.25) is 0 Å². The van der Waals surface area contributed by atoms with Crippen molar-refractivity contribution >= 4 is 11.3 Å². The molecule has 0 atom stereocenters. The standard InChI is InChI=1S/C14H15N5S/c1-11-17-13(10-20-11)8-15-7-12-9-16-19(18-12)14-5-3-2-4-6-14/h2-6,9-10,15H,7-8H2,1H3. The van der Waals surface area contributed by atoms with Crippen LogP contribution in [-0.4, -0.2) is 20.0 Å². The molecule has 0 saturated heterocycles. The minimum absolute atomic E-state index is 0.684. The fourth-order valence-corrected chi connectivity index (χ4v) is 2.48. The van der Waals surface area contributed by atoms with E-state index in [9.17, 15) is 0 Å². The van der Waals surface area contributed by atoms with Crippen LogP contribution in [0.3, 0.4) is 0 Å². The minimum Gasteiger partial charge on any atom is -0.305 e. The van der Waals surface area contributed by atoms with E-state index in [1.807, 2.05) is 37.3 Å². The van der Waals surface area contributed by atoms with Gasteiger partial charge in [-0.05, 0) is 19.1 Å². The van der Waals surface area contributed by atoms with Gasteiger partial charge in [-0.1, -0.05) is 18.2 Å². The van der Waals surface area contributed by atoms with Gasteiger partial charge in [-0.15, -0.1) is 11.3 Å². The van der Waals surface area contributed by atoms with Gasteiger partial charge in [-0.2, -0.15) is 15.0 Å². The maximum Gasteiger partial charge on any atom is 0.0969 e. The van der Waals surface area contributed by atoms with Crippen molar-refractivity contribution in [1.29, 1.82) is 0 Å². The summed E-state index contributed by atoms with van der Waals surface area (Å²) in [5.74, 6) is 0. The van der Waals surface area contributed by atoms with Crippen molar-refractivity contribution in [3.63, 3.8) is 0 Å². The zero-order chi connectivity index (χ0) is 13.8. The fraction of sp³-hybridized carbons (Fsp3) is 0.214. The lowest BCUT2D eigenvalue weighted by Gasteiger charge is -1.99. The zero-order valence-electron chi connectivity index (χ0n) is 11.2. The summed E-state index contributed by atoms with van der Waals surface area (Å²) in [5.41, 5.74) is 2.96. The number of hydrogen-bond acceptors (Lipinski definition) is 5. The maximum atomic E-state index is 4.44. The molecule has 0 spiro atoms. The van der Waals surface area contributed by atoms with E-state index in [4.69, 9.17) is 0 Å². The number of rotatable bonds is 5. The van der Waals surface area contributed by atoms with Crippen LogP contribution in [-0.2, 0) is 13.1 Å². The van der Waals surface area contributed by atoms with Gasteiger partial charge < -0.3 is 5.32 Å². The Hall–Kier alpha value is -2.05. The van der Waals surface area contributed by atoms with Crippen LogP contribution in [0, 0.1) is 6.92 Å². The van der Waals surface area contributed by atoms with Crippen molar-refractivity contribution in [2.45, 2.75) is 20.0 Å². The van der Waals surface area contributed by atoms with Gasteiger partial charge in [0.05, 0.1) is 28.3 Å². The molecule has 1 N–H and O–H groups in total. The third kappa shape index (κ3) is 3.09. The highest BCUT2D eigenvalue weighted by molar-refractivity contribution is 7.09. The lowest BCUT2D eigenvalue weighted by Crippen LogP contribution is -2.13. The second-order valence-electron chi connectivity index (χ2n) is 4.42. The number of benzene rings is 1. The van der Waals surface area contributed by atoms with E-state index < -0.39 is 0 Å². The molecule has 0 bridgehead atoms. The SMILES string of the molecule is Cc1nc(CNCc2cnn(-c3ccccc3)n2)cs1. The van der Waals surface area contributed by atoms with Crippen molar-refractivity contribution in [3.05, 3.63) is 58.3 Å². The molecule has 0 saturated carbocycles. The summed E-state index contributed by atoms with van der Waals surface area (Å²) in [4.78, 5) is 6.05. The van der Waals surface area contributed by atoms with Gasteiger partial charge in [-0.25, -0.2) is 4.98 Å². The monoisotopic (exact) mass is 285 g/mol. The molecule has 3 rings (SSSR count). The van der Waals surface area contributed by atoms with Gasteiger partial charge in [0.15, 0.2) is 0 Å². The van der Waals surface area contributed by atoms with Crippen LogP contribution in [0.25, 0.3) is 5.69 Å². The van der Waals surface area contributed by atoms with E-state index in [1.54, 1.807) is 22.3 Å². The molecule has 6 heteroatoms. The summed E-state index contributed by atoms with van der Waals surface area (Å²) in [7, 11) is 0. The molecule has 0 aliphatic heterocycles. The molecule has 102 valence electrons. The Balaban J connectivity index is 1.58. The first-order valence-electron chi connectivity index (χ1n) is 6.39. The average molecular weight is 285 g/mol. The molecule has 5 nitrogen and oxygen atoms in total. The van der Waals surface area contributed by atoms with Crippen molar-refractivity contribution in [2.75, 3.05) is 0 Å². The van der Waals surface area contributed by atoms with Gasteiger partial charge in [-0.3, -0.25) is 0 Å². The number of nitrogens with zero attached hydrogens (tertiary/aromatic N) is 4. The van der Waals surface area contributed by atoms with Crippen molar-refractivity contribution in [2.24, 2.45) is 0 Å². The molecule has 3 aromatic rings. The fourth-order valence-electron chi connectivity index (χ4n) is 1.87. The number of nitrogens with one attached hydrogen (secondary N) is 1. The molecular formula is C14H15N5S. The number of thiazole rings is 1. The summed E-state index contributed by atoms with van der Waals surface area (Å²) >= 11 is 1.67. The van der Waals surface area contributed by atoms with Gasteiger partial charge in [0.1, 0.15) is 0 Å². The number of hydrogen-bond donors (Lipinski definition) is 1. The van der Waals surface area contributed by atoms with Crippen LogP contribution >= 0.6 is 11.3 Å². The third-order valence-electron chi connectivity index (χ3n) is 2.81. The van der Waals surface area contributed by atoms with Crippen LogP contribution in [0.15, 0.2) is 41.9 Å². The summed E-state index contributed by atoms with van der Waals surface area (Å²) in [6.45, 7) is 3.45. The predicted molar refractivity (Wildman–Crippen MR) is 78.8 cm³/mol. The Bertz CT molecular complexity index is 674. The largest absolute Gasteiger partial charge is 0.305 e. The van der Waals surface area contributed by atoms with E-state index >= 15 is 0 Å². The maximum absolute atomic E-state index is 4.44. The Morgan fingerprint density at radius 1 is 1.15 bits per heavy atom. The highest BCUT2D eigenvalue weighted by atomic mass is 32.1. The number of para-hydroxylation sites is 1. The first kappa shape index (κ1) is 13.0. The summed E-state index contributed by atoms with van der Waals surface area (Å²) in [6.07, 6.45) is 1.78. The zero-order valence-corrected chi connectivity index (χ0v) is 12.0. The van der Waals surface area contributed by atoms with Gasteiger partial charge in [0, 0.05) is 18.5 Å². The van der Waals surface area contributed by atoms with Crippen LogP contribution < -0.4 is 5.32 Å². The molecule has 0 unspecified atom stereocenters. The smallest absolute Gasteiger partial charge is 0.0969 e. The van der Waals surface area contributed by atoms with E-state index in [0.717, 1.165) is 28.6 Å². The predicted octanol–water partition coefficient (Wildman–Crippen LogP) is 2.32. The minimum atomic E-state index is 0.684. The average Bonchev–Trinajstić information content (AvgIpc) is 3.09. The Morgan fingerprint density at radius 2 is 1.95 bits per heavy atom. The van der Waals surface area contributed by atoms with E-state index in [1.165, 1.54) is 0 Å². The van der Waals surface area contributed by atoms with E-state index in [0.29, 0.717) is 6.54 Å². The molecular weight excluding hydrogens is 270 g/mol. The van der Waals surface area contributed by atoms with Gasteiger partial charge >= 0.3 is 0 Å². The van der Waals surface area contributed by atoms with Gasteiger partial charge in [0.25, 0.3) is 0 Å². The summed E-state index contributed by atoms with van der Waals surface area (Å²) < 4.78 is 0. The lowest BCUT2D eigenvalue weighted by molar-refractivity contribution is 0.654. The van der Waals surface area contributed by atoms with Crippen LogP contribution in [0.1, 0.15) is 16.4 Å². The van der Waals surface area contributed by atoms with Crippen LogP contribution in [0.5, 0.6) is 0 Å². The first-order valence-corrected chi connectivity index (χ1v) is 7.27. The molecule has 2 aromatic heterocycles. The topological polar surface area (TPSA) is 55.6 Å². The number of aromatic nitrogens is 4. The third-order valence-corrected chi connectivity index (χ3v) is 3.63.